The molecule has 3 rings (SSSR count). The van der Waals surface area contributed by atoms with Crippen molar-refractivity contribution in [3.05, 3.63) is 66.0 Å². The Morgan fingerprint density at radius 2 is 1.75 bits per heavy atom. The average Bonchev–Trinajstić information content (AvgIpc) is 2.87. The number of hydrogen-bond donors (Lipinski definition) is 0. The molecule has 3 nitrogen and oxygen atoms in total. The molecular formula is C17H16N2O. The van der Waals surface area contributed by atoms with Crippen LogP contribution in [0.5, 0.6) is 0 Å². The van der Waals surface area contributed by atoms with Crippen molar-refractivity contribution in [2.45, 2.75) is 19.9 Å². The Morgan fingerprint density at radius 1 is 1.05 bits per heavy atom. The van der Waals surface area contributed by atoms with E-state index in [0.717, 1.165) is 24.0 Å². The number of aryl methyl sites for hydroxylation is 1. The Balaban J connectivity index is 2.15. The van der Waals surface area contributed by atoms with Crippen LogP contribution in [0.25, 0.3) is 11.0 Å². The highest BCUT2D eigenvalue weighted by molar-refractivity contribution is 6.08. The topological polar surface area (TPSA) is 34.9 Å². The second-order valence-corrected chi connectivity index (χ2v) is 4.77. The molecule has 0 unspecified atom stereocenters. The Hall–Kier alpha value is -2.42. The first-order valence-corrected chi connectivity index (χ1v) is 6.86. The molecule has 0 saturated carbocycles. The van der Waals surface area contributed by atoms with Crippen LogP contribution in [0.4, 0.5) is 0 Å². The van der Waals surface area contributed by atoms with E-state index in [1.54, 1.807) is 0 Å². The van der Waals surface area contributed by atoms with Crippen LogP contribution in [0, 0.1) is 0 Å². The maximum atomic E-state index is 12.6. The molecule has 0 saturated heterocycles. The second kappa shape index (κ2) is 5.29. The van der Waals surface area contributed by atoms with Gasteiger partial charge in [-0.25, -0.2) is 4.98 Å². The van der Waals surface area contributed by atoms with Crippen LogP contribution >= 0.6 is 0 Å². The third kappa shape index (κ3) is 2.11. The van der Waals surface area contributed by atoms with Crippen LogP contribution in [0.2, 0.25) is 0 Å². The summed E-state index contributed by atoms with van der Waals surface area (Å²) >= 11 is 0. The SMILES string of the molecule is CCCn1c(C(=O)c2ccccc2)nc2ccccc21. The minimum atomic E-state index is -0.0183. The van der Waals surface area contributed by atoms with Crippen molar-refractivity contribution >= 4 is 16.8 Å². The van der Waals surface area contributed by atoms with Gasteiger partial charge in [-0.3, -0.25) is 4.79 Å². The molecule has 20 heavy (non-hydrogen) atoms. The first kappa shape index (κ1) is 12.6. The van der Waals surface area contributed by atoms with Gasteiger partial charge in [0.1, 0.15) is 0 Å². The fourth-order valence-electron chi connectivity index (χ4n) is 2.42. The van der Waals surface area contributed by atoms with Crippen molar-refractivity contribution < 1.29 is 4.79 Å². The summed E-state index contributed by atoms with van der Waals surface area (Å²) in [6, 6.07) is 17.2. The number of ketones is 1. The third-order valence-corrected chi connectivity index (χ3v) is 3.34. The van der Waals surface area contributed by atoms with Gasteiger partial charge < -0.3 is 4.57 Å². The van der Waals surface area contributed by atoms with Crippen LogP contribution < -0.4 is 0 Å². The molecular weight excluding hydrogens is 248 g/mol. The highest BCUT2D eigenvalue weighted by Crippen LogP contribution is 2.19. The molecule has 1 aromatic heterocycles. The van der Waals surface area contributed by atoms with E-state index >= 15 is 0 Å². The first-order chi connectivity index (χ1) is 9.81. The Kier molecular flexibility index (Phi) is 3.33. The first-order valence-electron chi connectivity index (χ1n) is 6.86. The van der Waals surface area contributed by atoms with Gasteiger partial charge in [0.05, 0.1) is 11.0 Å². The highest BCUT2D eigenvalue weighted by Gasteiger charge is 2.18. The summed E-state index contributed by atoms with van der Waals surface area (Å²) in [4.78, 5) is 17.1. The zero-order valence-corrected chi connectivity index (χ0v) is 11.4. The van der Waals surface area contributed by atoms with E-state index in [4.69, 9.17) is 0 Å². The molecule has 100 valence electrons. The van der Waals surface area contributed by atoms with Gasteiger partial charge in [0.15, 0.2) is 5.82 Å². The van der Waals surface area contributed by atoms with E-state index in [1.807, 2.05) is 59.2 Å². The molecule has 1 heterocycles. The van der Waals surface area contributed by atoms with E-state index in [9.17, 15) is 4.79 Å². The highest BCUT2D eigenvalue weighted by atomic mass is 16.1. The lowest BCUT2D eigenvalue weighted by Gasteiger charge is -2.06. The van der Waals surface area contributed by atoms with Crippen LogP contribution in [0.15, 0.2) is 54.6 Å². The molecule has 3 heteroatoms. The summed E-state index contributed by atoms with van der Waals surface area (Å²) in [5, 5.41) is 0. The molecule has 0 fully saturated rings. The molecule has 0 aliphatic heterocycles. The minimum absolute atomic E-state index is 0.0183. The van der Waals surface area contributed by atoms with Crippen molar-refractivity contribution in [2.24, 2.45) is 0 Å². The number of carbonyl (C=O) groups is 1. The monoisotopic (exact) mass is 264 g/mol. The van der Waals surface area contributed by atoms with Crippen molar-refractivity contribution in [3.63, 3.8) is 0 Å². The summed E-state index contributed by atoms with van der Waals surface area (Å²) in [6.07, 6.45) is 0.968. The van der Waals surface area contributed by atoms with Gasteiger partial charge in [-0.15, -0.1) is 0 Å². The van der Waals surface area contributed by atoms with Gasteiger partial charge in [-0.1, -0.05) is 49.4 Å². The lowest BCUT2D eigenvalue weighted by atomic mass is 10.1. The molecule has 0 spiro atoms. The molecule has 0 N–H and O–H groups in total. The van der Waals surface area contributed by atoms with Crippen LogP contribution in [-0.2, 0) is 6.54 Å². The summed E-state index contributed by atoms with van der Waals surface area (Å²) in [5.41, 5.74) is 2.58. The predicted octanol–water partition coefficient (Wildman–Crippen LogP) is 3.68. The van der Waals surface area contributed by atoms with Crippen molar-refractivity contribution in [3.8, 4) is 0 Å². The number of aromatic nitrogens is 2. The molecule has 0 aliphatic carbocycles. The minimum Gasteiger partial charge on any atom is -0.321 e. The molecule has 0 radical (unpaired) electrons. The van der Waals surface area contributed by atoms with Gasteiger partial charge in [0.2, 0.25) is 5.78 Å². The van der Waals surface area contributed by atoms with Crippen LogP contribution in [-0.4, -0.2) is 15.3 Å². The molecule has 0 amide bonds. The van der Waals surface area contributed by atoms with E-state index in [-0.39, 0.29) is 5.78 Å². The maximum Gasteiger partial charge on any atom is 0.228 e. The van der Waals surface area contributed by atoms with Crippen molar-refractivity contribution in [1.29, 1.82) is 0 Å². The summed E-state index contributed by atoms with van der Waals surface area (Å²) in [7, 11) is 0. The lowest BCUT2D eigenvalue weighted by molar-refractivity contribution is 0.102. The van der Waals surface area contributed by atoms with E-state index in [0.29, 0.717) is 11.4 Å². The summed E-state index contributed by atoms with van der Waals surface area (Å²) in [5.74, 6) is 0.509. The number of carbonyl (C=O) groups excluding carboxylic acids is 1. The number of nitrogens with zero attached hydrogens (tertiary/aromatic N) is 2. The third-order valence-electron chi connectivity index (χ3n) is 3.34. The fraction of sp³-hybridized carbons (Fsp3) is 0.176. The number of benzene rings is 2. The fourth-order valence-corrected chi connectivity index (χ4v) is 2.42. The quantitative estimate of drug-likeness (QED) is 0.674. The van der Waals surface area contributed by atoms with Gasteiger partial charge in [0.25, 0.3) is 0 Å². The van der Waals surface area contributed by atoms with Crippen LogP contribution in [0.3, 0.4) is 0 Å². The Bertz CT molecular complexity index is 744. The normalized spacial score (nSPS) is 10.8. The zero-order valence-electron chi connectivity index (χ0n) is 11.4. The molecule has 2 aromatic carbocycles. The van der Waals surface area contributed by atoms with E-state index in [2.05, 4.69) is 11.9 Å². The van der Waals surface area contributed by atoms with Gasteiger partial charge in [0, 0.05) is 12.1 Å². The Morgan fingerprint density at radius 3 is 2.50 bits per heavy atom. The number of para-hydroxylation sites is 2. The largest absolute Gasteiger partial charge is 0.321 e. The molecule has 3 aromatic rings. The average molecular weight is 264 g/mol. The molecule has 0 bridgehead atoms. The Labute approximate surface area is 117 Å². The maximum absolute atomic E-state index is 12.6. The standard InChI is InChI=1S/C17H16N2O/c1-2-12-19-15-11-7-6-10-14(15)18-17(19)16(20)13-8-4-3-5-9-13/h3-11H,2,12H2,1H3. The van der Waals surface area contributed by atoms with Gasteiger partial charge >= 0.3 is 0 Å². The molecule has 0 atom stereocenters. The smallest absolute Gasteiger partial charge is 0.228 e. The second-order valence-electron chi connectivity index (χ2n) is 4.77. The van der Waals surface area contributed by atoms with Gasteiger partial charge in [-0.2, -0.15) is 0 Å². The molecule has 0 aliphatic rings. The van der Waals surface area contributed by atoms with E-state index < -0.39 is 0 Å². The summed E-state index contributed by atoms with van der Waals surface area (Å²) < 4.78 is 2.02. The predicted molar refractivity (Wildman–Crippen MR) is 79.9 cm³/mol. The van der Waals surface area contributed by atoms with E-state index in [1.165, 1.54) is 0 Å². The number of fused-ring (bicyclic) bond motifs is 1. The number of hydrogen-bond acceptors (Lipinski definition) is 2. The van der Waals surface area contributed by atoms with Gasteiger partial charge in [-0.05, 0) is 18.6 Å². The zero-order chi connectivity index (χ0) is 13.9. The van der Waals surface area contributed by atoms with Crippen molar-refractivity contribution in [1.82, 2.24) is 9.55 Å². The van der Waals surface area contributed by atoms with Crippen molar-refractivity contribution in [2.75, 3.05) is 0 Å². The van der Waals surface area contributed by atoms with Crippen LogP contribution in [0.1, 0.15) is 29.5 Å². The number of rotatable bonds is 4. The number of imidazole rings is 1. The lowest BCUT2D eigenvalue weighted by Crippen LogP contribution is -2.11. The summed E-state index contributed by atoms with van der Waals surface area (Å²) in [6.45, 7) is 2.90.